The fourth-order valence-corrected chi connectivity index (χ4v) is 2.09. The Kier molecular flexibility index (Phi) is 7.23. The molecule has 0 aliphatic heterocycles. The van der Waals surface area contributed by atoms with E-state index in [1.165, 1.54) is 6.07 Å². The Bertz CT molecular complexity index is 423. The van der Waals surface area contributed by atoms with Crippen molar-refractivity contribution in [1.82, 2.24) is 10.6 Å². The molecule has 0 saturated heterocycles. The van der Waals surface area contributed by atoms with Crippen LogP contribution in [0.3, 0.4) is 0 Å². The van der Waals surface area contributed by atoms with Crippen molar-refractivity contribution in [3.8, 4) is 0 Å². The predicted molar refractivity (Wildman–Crippen MR) is 80.1 cm³/mol. The molecule has 2 atom stereocenters. The smallest absolute Gasteiger partial charge is 0.237 e. The van der Waals surface area contributed by atoms with Crippen molar-refractivity contribution in [1.29, 1.82) is 0 Å². The SMILES string of the molecule is CCCC(C)NC(=O)C(C)NCCc1ccccc1F. The third-order valence-electron chi connectivity index (χ3n) is 3.31. The van der Waals surface area contributed by atoms with Gasteiger partial charge in [0.05, 0.1) is 6.04 Å². The van der Waals surface area contributed by atoms with E-state index in [0.29, 0.717) is 18.5 Å². The fourth-order valence-electron chi connectivity index (χ4n) is 2.09. The van der Waals surface area contributed by atoms with E-state index in [9.17, 15) is 9.18 Å². The van der Waals surface area contributed by atoms with Crippen LogP contribution in [0.5, 0.6) is 0 Å². The van der Waals surface area contributed by atoms with Crippen molar-refractivity contribution in [3.05, 3.63) is 35.6 Å². The molecule has 0 aromatic heterocycles. The topological polar surface area (TPSA) is 41.1 Å². The van der Waals surface area contributed by atoms with E-state index in [-0.39, 0.29) is 23.8 Å². The van der Waals surface area contributed by atoms with Gasteiger partial charge < -0.3 is 10.6 Å². The maximum absolute atomic E-state index is 13.4. The number of benzene rings is 1. The van der Waals surface area contributed by atoms with Crippen molar-refractivity contribution >= 4 is 5.91 Å². The Morgan fingerprint density at radius 2 is 2.00 bits per heavy atom. The number of nitrogens with one attached hydrogen (secondary N) is 2. The third kappa shape index (κ3) is 5.70. The van der Waals surface area contributed by atoms with Crippen LogP contribution in [0.2, 0.25) is 0 Å². The van der Waals surface area contributed by atoms with Gasteiger partial charge in [0, 0.05) is 12.6 Å². The molecule has 4 heteroatoms. The first kappa shape index (κ1) is 16.6. The zero-order chi connectivity index (χ0) is 15.0. The maximum atomic E-state index is 13.4. The molecule has 0 heterocycles. The van der Waals surface area contributed by atoms with Crippen LogP contribution in [0.15, 0.2) is 24.3 Å². The van der Waals surface area contributed by atoms with E-state index >= 15 is 0 Å². The van der Waals surface area contributed by atoms with Gasteiger partial charge in [-0.1, -0.05) is 31.5 Å². The van der Waals surface area contributed by atoms with Crippen molar-refractivity contribution in [3.63, 3.8) is 0 Å². The Hall–Kier alpha value is -1.42. The summed E-state index contributed by atoms with van der Waals surface area (Å²) < 4.78 is 13.4. The molecule has 3 nitrogen and oxygen atoms in total. The Morgan fingerprint density at radius 1 is 1.30 bits per heavy atom. The van der Waals surface area contributed by atoms with Gasteiger partial charge in [0.25, 0.3) is 0 Å². The summed E-state index contributed by atoms with van der Waals surface area (Å²) >= 11 is 0. The number of amides is 1. The van der Waals surface area contributed by atoms with Crippen LogP contribution >= 0.6 is 0 Å². The Morgan fingerprint density at radius 3 is 2.65 bits per heavy atom. The molecule has 1 amide bonds. The summed E-state index contributed by atoms with van der Waals surface area (Å²) in [4.78, 5) is 11.9. The first-order valence-corrected chi connectivity index (χ1v) is 7.31. The minimum absolute atomic E-state index is 0.000478. The van der Waals surface area contributed by atoms with Gasteiger partial charge in [-0.05, 0) is 38.3 Å². The molecule has 0 radical (unpaired) electrons. The highest BCUT2D eigenvalue weighted by Crippen LogP contribution is 2.06. The Labute approximate surface area is 121 Å². The van der Waals surface area contributed by atoms with E-state index < -0.39 is 0 Å². The van der Waals surface area contributed by atoms with Gasteiger partial charge in [0.2, 0.25) is 5.91 Å². The summed E-state index contributed by atoms with van der Waals surface area (Å²) in [5.74, 6) is -0.192. The van der Waals surface area contributed by atoms with E-state index in [1.807, 2.05) is 19.9 Å². The highest BCUT2D eigenvalue weighted by Gasteiger charge is 2.14. The minimum atomic E-state index is -0.263. The largest absolute Gasteiger partial charge is 0.352 e. The molecule has 112 valence electrons. The molecule has 0 aliphatic carbocycles. The van der Waals surface area contributed by atoms with Gasteiger partial charge in [-0.3, -0.25) is 4.79 Å². The number of rotatable bonds is 8. The second-order valence-corrected chi connectivity index (χ2v) is 5.22. The second-order valence-electron chi connectivity index (χ2n) is 5.22. The third-order valence-corrected chi connectivity index (χ3v) is 3.31. The fraction of sp³-hybridized carbons (Fsp3) is 0.562. The first-order chi connectivity index (χ1) is 9.54. The summed E-state index contributed by atoms with van der Waals surface area (Å²) in [7, 11) is 0. The van der Waals surface area contributed by atoms with Crippen LogP contribution in [0, 0.1) is 5.82 Å². The average Bonchev–Trinajstić information content (AvgIpc) is 2.41. The van der Waals surface area contributed by atoms with Crippen LogP contribution in [0.1, 0.15) is 39.2 Å². The molecule has 2 N–H and O–H groups in total. The molecule has 1 aromatic carbocycles. The zero-order valence-corrected chi connectivity index (χ0v) is 12.6. The molecule has 0 fully saturated rings. The van der Waals surface area contributed by atoms with Crippen molar-refractivity contribution < 1.29 is 9.18 Å². The van der Waals surface area contributed by atoms with E-state index in [0.717, 1.165) is 12.8 Å². The Balaban J connectivity index is 2.31. The van der Waals surface area contributed by atoms with Crippen LogP contribution < -0.4 is 10.6 Å². The molecule has 0 spiro atoms. The lowest BCUT2D eigenvalue weighted by atomic mass is 10.1. The van der Waals surface area contributed by atoms with Crippen LogP contribution in [-0.2, 0) is 11.2 Å². The van der Waals surface area contributed by atoms with Crippen LogP contribution in [-0.4, -0.2) is 24.5 Å². The van der Waals surface area contributed by atoms with Gasteiger partial charge in [-0.2, -0.15) is 0 Å². The molecule has 1 aromatic rings. The highest BCUT2D eigenvalue weighted by atomic mass is 19.1. The van der Waals surface area contributed by atoms with Crippen LogP contribution in [0.4, 0.5) is 4.39 Å². The first-order valence-electron chi connectivity index (χ1n) is 7.31. The second kappa shape index (κ2) is 8.69. The van der Waals surface area contributed by atoms with Gasteiger partial charge in [0.1, 0.15) is 5.82 Å². The summed E-state index contributed by atoms with van der Waals surface area (Å²) in [6.45, 7) is 6.51. The highest BCUT2D eigenvalue weighted by molar-refractivity contribution is 5.81. The number of hydrogen-bond donors (Lipinski definition) is 2. The molecule has 0 saturated carbocycles. The van der Waals surface area contributed by atoms with Crippen molar-refractivity contribution in [2.45, 2.75) is 52.1 Å². The summed E-state index contributed by atoms with van der Waals surface area (Å²) in [6, 6.07) is 6.66. The summed E-state index contributed by atoms with van der Waals surface area (Å²) in [5.41, 5.74) is 0.673. The summed E-state index contributed by atoms with van der Waals surface area (Å²) in [6.07, 6.45) is 2.61. The van der Waals surface area contributed by atoms with E-state index in [1.54, 1.807) is 12.1 Å². The number of carbonyl (C=O) groups excluding carboxylic acids is 1. The molecule has 20 heavy (non-hydrogen) atoms. The van der Waals surface area contributed by atoms with Gasteiger partial charge in [0.15, 0.2) is 0 Å². The van der Waals surface area contributed by atoms with Crippen molar-refractivity contribution in [2.24, 2.45) is 0 Å². The average molecular weight is 280 g/mol. The predicted octanol–water partition coefficient (Wildman–Crippen LogP) is 2.65. The van der Waals surface area contributed by atoms with Gasteiger partial charge in [-0.15, -0.1) is 0 Å². The molecule has 1 rings (SSSR count). The number of hydrogen-bond acceptors (Lipinski definition) is 2. The molecule has 0 aliphatic rings. The molecular formula is C16H25FN2O. The standard InChI is InChI=1S/C16H25FN2O/c1-4-7-12(2)19-16(20)13(3)18-11-10-14-8-5-6-9-15(14)17/h5-6,8-9,12-13,18H,4,7,10-11H2,1-3H3,(H,19,20). The molecule has 0 bridgehead atoms. The van der Waals surface area contributed by atoms with Crippen LogP contribution in [0.25, 0.3) is 0 Å². The summed E-state index contributed by atoms with van der Waals surface area (Å²) in [5, 5.41) is 6.09. The minimum Gasteiger partial charge on any atom is -0.352 e. The zero-order valence-electron chi connectivity index (χ0n) is 12.6. The monoisotopic (exact) mass is 280 g/mol. The van der Waals surface area contributed by atoms with Gasteiger partial charge >= 0.3 is 0 Å². The number of carbonyl (C=O) groups is 1. The normalized spacial score (nSPS) is 13.8. The lowest BCUT2D eigenvalue weighted by molar-refractivity contribution is -0.123. The maximum Gasteiger partial charge on any atom is 0.237 e. The quantitative estimate of drug-likeness (QED) is 0.768. The van der Waals surface area contributed by atoms with Gasteiger partial charge in [-0.25, -0.2) is 4.39 Å². The number of halogens is 1. The lowest BCUT2D eigenvalue weighted by Crippen LogP contribution is -2.45. The van der Waals surface area contributed by atoms with Crippen molar-refractivity contribution in [2.75, 3.05) is 6.54 Å². The van der Waals surface area contributed by atoms with E-state index in [2.05, 4.69) is 17.6 Å². The molecular weight excluding hydrogens is 255 g/mol. The lowest BCUT2D eigenvalue weighted by Gasteiger charge is -2.18. The molecule has 2 unspecified atom stereocenters. The van der Waals surface area contributed by atoms with E-state index in [4.69, 9.17) is 0 Å².